The molecule has 4 rings (SSSR count). The smallest absolute Gasteiger partial charge is 0.239 e. The highest BCUT2D eigenvalue weighted by molar-refractivity contribution is 6.42. The number of hydrogen-bond donors (Lipinski definition) is 1. The minimum Gasteiger partial charge on any atom is -0.457 e. The monoisotopic (exact) mass is 483 g/mol. The lowest BCUT2D eigenvalue weighted by molar-refractivity contribution is -0.134. The van der Waals surface area contributed by atoms with Gasteiger partial charge in [-0.15, -0.1) is 0 Å². The number of nitrogens with zero attached hydrogens (tertiary/aromatic N) is 2. The number of rotatable bonds is 7. The summed E-state index contributed by atoms with van der Waals surface area (Å²) in [6, 6.07) is 22.5. The first-order chi connectivity index (χ1) is 16.0. The molecule has 0 aromatic heterocycles. The second-order valence-corrected chi connectivity index (χ2v) is 8.97. The minimum atomic E-state index is -0.570. The first-order valence-electron chi connectivity index (χ1n) is 11.0. The van der Waals surface area contributed by atoms with Crippen molar-refractivity contribution >= 4 is 29.1 Å². The molecule has 1 atom stereocenters. The SMILES string of the molecule is NC(Cc1ccc(Oc2ccccc2)cc1)C(=O)N1CCN(Cc2cccc(Cl)c2Cl)CC1. The van der Waals surface area contributed by atoms with Crippen molar-refractivity contribution in [3.8, 4) is 11.5 Å². The van der Waals surface area contributed by atoms with Crippen LogP contribution < -0.4 is 10.5 Å². The highest BCUT2D eigenvalue weighted by Gasteiger charge is 2.25. The van der Waals surface area contributed by atoms with E-state index in [-0.39, 0.29) is 5.91 Å². The van der Waals surface area contributed by atoms with Crippen LogP contribution in [0.5, 0.6) is 11.5 Å². The summed E-state index contributed by atoms with van der Waals surface area (Å²) in [5.41, 5.74) is 8.27. The normalized spacial score (nSPS) is 15.3. The van der Waals surface area contributed by atoms with E-state index in [9.17, 15) is 4.79 Å². The predicted octanol–water partition coefficient (Wildman–Crippen LogP) is 5.00. The summed E-state index contributed by atoms with van der Waals surface area (Å²) in [5, 5.41) is 1.16. The van der Waals surface area contributed by atoms with Gasteiger partial charge in [0.25, 0.3) is 0 Å². The number of carbonyl (C=O) groups excluding carboxylic acids is 1. The molecule has 0 saturated carbocycles. The second kappa shape index (κ2) is 11.0. The first kappa shape index (κ1) is 23.6. The Balaban J connectivity index is 1.26. The van der Waals surface area contributed by atoms with E-state index in [0.29, 0.717) is 36.1 Å². The molecular formula is C26H27Cl2N3O2. The van der Waals surface area contributed by atoms with Crippen molar-refractivity contribution in [1.29, 1.82) is 0 Å². The summed E-state index contributed by atoms with van der Waals surface area (Å²) < 4.78 is 5.82. The number of amides is 1. The standard InChI is InChI=1S/C26H27Cl2N3O2/c27-23-8-4-5-20(25(23)28)18-30-13-15-31(16-14-30)26(32)24(29)17-19-9-11-22(12-10-19)33-21-6-2-1-3-7-21/h1-12,24H,13-18,29H2. The van der Waals surface area contributed by atoms with Gasteiger partial charge in [0.15, 0.2) is 0 Å². The van der Waals surface area contributed by atoms with Gasteiger partial charge >= 0.3 is 0 Å². The summed E-state index contributed by atoms with van der Waals surface area (Å²) in [7, 11) is 0. The molecule has 1 aliphatic heterocycles. The molecule has 1 saturated heterocycles. The molecular weight excluding hydrogens is 457 g/mol. The van der Waals surface area contributed by atoms with E-state index in [1.54, 1.807) is 6.07 Å². The fraction of sp³-hybridized carbons (Fsp3) is 0.269. The molecule has 2 N–H and O–H groups in total. The Morgan fingerprint density at radius 3 is 2.24 bits per heavy atom. The number of piperazine rings is 1. The zero-order chi connectivity index (χ0) is 23.2. The van der Waals surface area contributed by atoms with Gasteiger partial charge in [0, 0.05) is 32.7 Å². The van der Waals surface area contributed by atoms with Gasteiger partial charge in [-0.1, -0.05) is 65.7 Å². The molecule has 3 aromatic carbocycles. The van der Waals surface area contributed by atoms with Crippen LogP contribution in [0.25, 0.3) is 0 Å². The highest BCUT2D eigenvalue weighted by Crippen LogP contribution is 2.27. The van der Waals surface area contributed by atoms with Gasteiger partial charge in [0.1, 0.15) is 11.5 Å². The molecule has 5 nitrogen and oxygen atoms in total. The van der Waals surface area contributed by atoms with Crippen LogP contribution in [0.1, 0.15) is 11.1 Å². The number of ether oxygens (including phenoxy) is 1. The molecule has 0 spiro atoms. The van der Waals surface area contributed by atoms with Gasteiger partial charge < -0.3 is 15.4 Å². The van der Waals surface area contributed by atoms with Gasteiger partial charge in [-0.3, -0.25) is 9.69 Å². The number of benzene rings is 3. The van der Waals surface area contributed by atoms with Crippen LogP contribution in [0.2, 0.25) is 10.0 Å². The van der Waals surface area contributed by atoms with Crippen molar-refractivity contribution < 1.29 is 9.53 Å². The molecule has 3 aromatic rings. The van der Waals surface area contributed by atoms with Gasteiger partial charge in [-0.2, -0.15) is 0 Å². The number of hydrogen-bond acceptors (Lipinski definition) is 4. The molecule has 1 fully saturated rings. The van der Waals surface area contributed by atoms with Gasteiger partial charge in [-0.25, -0.2) is 0 Å². The molecule has 33 heavy (non-hydrogen) atoms. The summed E-state index contributed by atoms with van der Waals surface area (Å²) in [4.78, 5) is 17.0. The van der Waals surface area contributed by atoms with Crippen LogP contribution in [0.15, 0.2) is 72.8 Å². The van der Waals surface area contributed by atoms with E-state index in [4.69, 9.17) is 33.7 Å². The molecule has 172 valence electrons. The van der Waals surface area contributed by atoms with Gasteiger partial charge in [0.2, 0.25) is 5.91 Å². The Labute approximate surface area is 204 Å². The summed E-state index contributed by atoms with van der Waals surface area (Å²) in [6.45, 7) is 3.55. The van der Waals surface area contributed by atoms with E-state index in [2.05, 4.69) is 4.90 Å². The van der Waals surface area contributed by atoms with E-state index in [0.717, 1.165) is 35.7 Å². The van der Waals surface area contributed by atoms with Crippen molar-refractivity contribution in [3.05, 3.63) is 94.0 Å². The second-order valence-electron chi connectivity index (χ2n) is 8.18. The summed E-state index contributed by atoms with van der Waals surface area (Å²) in [6.07, 6.45) is 0.489. The number of nitrogens with two attached hydrogens (primary N) is 1. The minimum absolute atomic E-state index is 0.0138. The zero-order valence-corrected chi connectivity index (χ0v) is 19.8. The van der Waals surface area contributed by atoms with Crippen molar-refractivity contribution in [2.45, 2.75) is 19.0 Å². The molecule has 0 radical (unpaired) electrons. The average molecular weight is 484 g/mol. The summed E-state index contributed by atoms with van der Waals surface area (Å²) >= 11 is 12.4. The molecule has 1 aliphatic rings. The third-order valence-corrected chi connectivity index (χ3v) is 6.64. The van der Waals surface area contributed by atoms with Crippen LogP contribution >= 0.6 is 23.2 Å². The van der Waals surface area contributed by atoms with Crippen LogP contribution in [-0.4, -0.2) is 47.9 Å². The van der Waals surface area contributed by atoms with E-state index in [1.807, 2.05) is 71.6 Å². The molecule has 0 aliphatic carbocycles. The highest BCUT2D eigenvalue weighted by atomic mass is 35.5. The lowest BCUT2D eigenvalue weighted by Crippen LogP contribution is -2.53. The fourth-order valence-electron chi connectivity index (χ4n) is 3.93. The average Bonchev–Trinajstić information content (AvgIpc) is 2.84. The number of carbonyl (C=O) groups is 1. The van der Waals surface area contributed by atoms with Crippen LogP contribution in [-0.2, 0) is 17.8 Å². The van der Waals surface area contributed by atoms with Crippen LogP contribution in [0.4, 0.5) is 0 Å². The van der Waals surface area contributed by atoms with Gasteiger partial charge in [-0.05, 0) is 47.9 Å². The topological polar surface area (TPSA) is 58.8 Å². The largest absolute Gasteiger partial charge is 0.457 e. The summed E-state index contributed by atoms with van der Waals surface area (Å²) in [5.74, 6) is 1.52. The number of para-hydroxylation sites is 1. The predicted molar refractivity (Wildman–Crippen MR) is 133 cm³/mol. The van der Waals surface area contributed by atoms with Gasteiger partial charge in [0.05, 0.1) is 16.1 Å². The molecule has 1 heterocycles. The maximum Gasteiger partial charge on any atom is 0.239 e. The first-order valence-corrected chi connectivity index (χ1v) is 11.8. The van der Waals surface area contributed by atoms with Crippen molar-refractivity contribution in [2.75, 3.05) is 26.2 Å². The van der Waals surface area contributed by atoms with Crippen molar-refractivity contribution in [3.63, 3.8) is 0 Å². The third kappa shape index (κ3) is 6.27. The Morgan fingerprint density at radius 2 is 1.55 bits per heavy atom. The maximum absolute atomic E-state index is 12.9. The zero-order valence-electron chi connectivity index (χ0n) is 18.3. The van der Waals surface area contributed by atoms with Crippen molar-refractivity contribution in [2.24, 2.45) is 5.73 Å². The molecule has 7 heteroatoms. The molecule has 0 bridgehead atoms. The molecule has 1 unspecified atom stereocenters. The Hall–Kier alpha value is -2.57. The third-order valence-electron chi connectivity index (χ3n) is 5.78. The Bertz CT molecular complexity index is 1070. The number of halogens is 2. The Morgan fingerprint density at radius 1 is 0.879 bits per heavy atom. The van der Waals surface area contributed by atoms with E-state index < -0.39 is 6.04 Å². The lowest BCUT2D eigenvalue weighted by Gasteiger charge is -2.36. The van der Waals surface area contributed by atoms with Crippen molar-refractivity contribution in [1.82, 2.24) is 9.80 Å². The molecule has 1 amide bonds. The van der Waals surface area contributed by atoms with E-state index >= 15 is 0 Å². The quantitative estimate of drug-likeness (QED) is 0.513. The maximum atomic E-state index is 12.9. The lowest BCUT2D eigenvalue weighted by atomic mass is 10.0. The van der Waals surface area contributed by atoms with Crippen LogP contribution in [0.3, 0.4) is 0 Å². The fourth-order valence-corrected chi connectivity index (χ4v) is 4.31. The van der Waals surface area contributed by atoms with E-state index in [1.165, 1.54) is 0 Å². The van der Waals surface area contributed by atoms with Crippen LogP contribution in [0, 0.1) is 0 Å². The Kier molecular flexibility index (Phi) is 7.89.